The van der Waals surface area contributed by atoms with Crippen molar-refractivity contribution in [2.75, 3.05) is 5.32 Å². The van der Waals surface area contributed by atoms with E-state index < -0.39 is 12.7 Å². The Bertz CT molecular complexity index is 1290. The van der Waals surface area contributed by atoms with Crippen LogP contribution in [-0.4, -0.2) is 36.8 Å². The molecule has 4 rings (SSSR count). The van der Waals surface area contributed by atoms with Crippen molar-refractivity contribution >= 4 is 11.4 Å². The number of hydrogen-bond acceptors (Lipinski definition) is 7. The fraction of sp³-hybridized carbons (Fsp3) is 0.261. The minimum absolute atomic E-state index is 0.0607. The molecular weight excluding hydrogens is 447 g/mol. The predicted molar refractivity (Wildman–Crippen MR) is 120 cm³/mol. The van der Waals surface area contributed by atoms with Crippen LogP contribution in [0.25, 0.3) is 11.1 Å². The molecule has 8 nitrogen and oxygen atoms in total. The van der Waals surface area contributed by atoms with Crippen molar-refractivity contribution in [3.8, 4) is 11.1 Å². The van der Waals surface area contributed by atoms with E-state index in [1.54, 1.807) is 19.3 Å². The maximum absolute atomic E-state index is 12.7. The topological polar surface area (TPSA) is 106 Å². The lowest BCUT2D eigenvalue weighted by Crippen LogP contribution is -2.18. The number of alkyl halides is 3. The summed E-state index contributed by atoms with van der Waals surface area (Å²) in [7, 11) is 0. The van der Waals surface area contributed by atoms with Gasteiger partial charge >= 0.3 is 6.18 Å². The van der Waals surface area contributed by atoms with Gasteiger partial charge in [-0.2, -0.15) is 18.3 Å². The largest absolute Gasteiger partial charge is 0.408 e. The number of pyridine rings is 2. The first kappa shape index (κ1) is 23.1. The highest BCUT2D eigenvalue weighted by Crippen LogP contribution is 2.31. The molecule has 0 bridgehead atoms. The first-order chi connectivity index (χ1) is 16.1. The first-order valence-corrected chi connectivity index (χ1v) is 10.4. The van der Waals surface area contributed by atoms with Gasteiger partial charge in [-0.3, -0.25) is 20.1 Å². The van der Waals surface area contributed by atoms with Crippen LogP contribution < -0.4 is 5.32 Å². The van der Waals surface area contributed by atoms with Crippen molar-refractivity contribution in [2.24, 2.45) is 0 Å². The number of hydrogen-bond donors (Lipinski definition) is 2. The quantitative estimate of drug-likeness (QED) is 0.365. The van der Waals surface area contributed by atoms with Crippen LogP contribution in [-0.2, 0) is 6.54 Å². The molecule has 2 N–H and O–H groups in total. The Balaban J connectivity index is 1.73. The molecule has 4 aromatic rings. The van der Waals surface area contributed by atoms with E-state index in [9.17, 15) is 13.2 Å². The smallest absolute Gasteiger partial charge is 0.375 e. The number of rotatable bonds is 7. The van der Waals surface area contributed by atoms with Crippen molar-refractivity contribution in [3.63, 3.8) is 0 Å². The zero-order valence-corrected chi connectivity index (χ0v) is 18.7. The molecule has 0 aliphatic heterocycles. The van der Waals surface area contributed by atoms with Crippen LogP contribution in [0.4, 0.5) is 18.9 Å². The molecule has 11 heteroatoms. The van der Waals surface area contributed by atoms with Gasteiger partial charge in [-0.05, 0) is 39.0 Å². The summed E-state index contributed by atoms with van der Waals surface area (Å²) in [6, 6.07) is 7.15. The van der Waals surface area contributed by atoms with Crippen LogP contribution in [0.15, 0.2) is 53.6 Å². The van der Waals surface area contributed by atoms with E-state index in [2.05, 4.69) is 25.5 Å². The van der Waals surface area contributed by atoms with E-state index in [1.807, 2.05) is 38.1 Å². The van der Waals surface area contributed by atoms with Crippen LogP contribution >= 0.6 is 0 Å². The van der Waals surface area contributed by atoms with Gasteiger partial charge in [0, 0.05) is 35.3 Å². The van der Waals surface area contributed by atoms with Crippen molar-refractivity contribution in [3.05, 3.63) is 77.5 Å². The highest BCUT2D eigenvalue weighted by atomic mass is 19.4. The van der Waals surface area contributed by atoms with Crippen LogP contribution in [0.3, 0.4) is 0 Å². The minimum Gasteiger partial charge on any atom is -0.375 e. The fourth-order valence-electron chi connectivity index (χ4n) is 3.64. The Morgan fingerprint density at radius 2 is 2.00 bits per heavy atom. The summed E-state index contributed by atoms with van der Waals surface area (Å²) < 4.78 is 44.2. The maximum Gasteiger partial charge on any atom is 0.408 e. The molecule has 0 saturated heterocycles. The number of nitrogens with zero attached hydrogens (tertiary/aromatic N) is 5. The van der Waals surface area contributed by atoms with Gasteiger partial charge in [-0.25, -0.2) is 0 Å². The Kier molecular flexibility index (Phi) is 6.18. The van der Waals surface area contributed by atoms with Gasteiger partial charge in [0.15, 0.2) is 0 Å². The van der Waals surface area contributed by atoms with E-state index in [-0.39, 0.29) is 23.0 Å². The second kappa shape index (κ2) is 9.08. The standard InChI is InChI=1S/C23H22F3N7O/c1-13(18-6-4-5-7-28-18)31-19-8-16(20-14(2)32-34-15(20)3)9-29-22(19)21(27)17-10-30-33(11-17)12-23(24,25)26/h4-11,13,27,31H,12H2,1-3H3/t13-/m0/s1. The number of halogens is 3. The van der Waals surface area contributed by atoms with E-state index in [1.165, 1.54) is 12.4 Å². The normalized spacial score (nSPS) is 12.5. The van der Waals surface area contributed by atoms with Gasteiger partial charge in [0.25, 0.3) is 0 Å². The first-order valence-electron chi connectivity index (χ1n) is 10.4. The molecule has 34 heavy (non-hydrogen) atoms. The SMILES string of the molecule is Cc1noc(C)c1-c1cnc(C(=N)c2cnn(CC(F)(F)F)c2)c(N[C@@H](C)c2ccccn2)c1. The predicted octanol–water partition coefficient (Wildman–Crippen LogP) is 5.10. The van der Waals surface area contributed by atoms with E-state index in [4.69, 9.17) is 9.93 Å². The molecule has 4 aromatic heterocycles. The number of aryl methyl sites for hydroxylation is 2. The summed E-state index contributed by atoms with van der Waals surface area (Å²) in [5.41, 5.74) is 3.94. The Hall–Kier alpha value is -4.02. The molecule has 4 heterocycles. The number of anilines is 1. The molecule has 1 atom stereocenters. The molecule has 0 radical (unpaired) electrons. The molecule has 176 valence electrons. The highest BCUT2D eigenvalue weighted by molar-refractivity contribution is 6.12. The van der Waals surface area contributed by atoms with Crippen molar-refractivity contribution in [1.29, 1.82) is 5.41 Å². The molecule has 0 aliphatic rings. The molecule has 0 aromatic carbocycles. The van der Waals surface area contributed by atoms with Gasteiger partial charge in [0.1, 0.15) is 18.0 Å². The molecule has 0 fully saturated rings. The lowest BCUT2D eigenvalue weighted by Gasteiger charge is -2.18. The van der Waals surface area contributed by atoms with E-state index >= 15 is 0 Å². The van der Waals surface area contributed by atoms with Crippen molar-refractivity contribution in [1.82, 2.24) is 24.9 Å². The zero-order chi connectivity index (χ0) is 24.5. The second-order valence-electron chi connectivity index (χ2n) is 7.86. The summed E-state index contributed by atoms with van der Waals surface area (Å²) >= 11 is 0. The lowest BCUT2D eigenvalue weighted by molar-refractivity contribution is -0.142. The minimum atomic E-state index is -4.41. The number of aromatic nitrogens is 5. The number of nitrogens with one attached hydrogen (secondary N) is 2. The van der Waals surface area contributed by atoms with Crippen LogP contribution in [0.1, 0.15) is 41.4 Å². The van der Waals surface area contributed by atoms with Gasteiger partial charge < -0.3 is 9.84 Å². The third-order valence-electron chi connectivity index (χ3n) is 5.21. The highest BCUT2D eigenvalue weighted by Gasteiger charge is 2.29. The van der Waals surface area contributed by atoms with Gasteiger partial charge in [0.2, 0.25) is 0 Å². The van der Waals surface area contributed by atoms with Crippen LogP contribution in [0.2, 0.25) is 0 Å². The molecule has 0 spiro atoms. The lowest BCUT2D eigenvalue weighted by atomic mass is 10.0. The molecular formula is C23H22F3N7O. The van der Waals surface area contributed by atoms with Gasteiger partial charge in [-0.1, -0.05) is 11.2 Å². The maximum atomic E-state index is 12.7. The van der Waals surface area contributed by atoms with Crippen LogP contribution in [0.5, 0.6) is 0 Å². The molecule has 0 aliphatic carbocycles. The fourth-order valence-corrected chi connectivity index (χ4v) is 3.64. The average molecular weight is 469 g/mol. The third kappa shape index (κ3) is 4.98. The van der Waals surface area contributed by atoms with Gasteiger partial charge in [0.05, 0.1) is 35.0 Å². The zero-order valence-electron chi connectivity index (χ0n) is 18.7. The average Bonchev–Trinajstić information content (AvgIpc) is 3.38. The Morgan fingerprint density at radius 1 is 1.21 bits per heavy atom. The summed E-state index contributed by atoms with van der Waals surface area (Å²) in [5.74, 6) is 0.624. The third-order valence-corrected chi connectivity index (χ3v) is 5.21. The summed E-state index contributed by atoms with van der Waals surface area (Å²) in [4.78, 5) is 8.85. The second-order valence-corrected chi connectivity index (χ2v) is 7.86. The van der Waals surface area contributed by atoms with E-state index in [0.29, 0.717) is 17.1 Å². The molecule has 0 saturated carbocycles. The van der Waals surface area contributed by atoms with Crippen molar-refractivity contribution < 1.29 is 17.7 Å². The Labute approximate surface area is 193 Å². The van der Waals surface area contributed by atoms with Crippen LogP contribution in [0, 0.1) is 19.3 Å². The van der Waals surface area contributed by atoms with Gasteiger partial charge in [-0.15, -0.1) is 0 Å². The molecule has 0 unspecified atom stereocenters. The summed E-state index contributed by atoms with van der Waals surface area (Å²) in [5, 5.41) is 19.7. The summed E-state index contributed by atoms with van der Waals surface area (Å²) in [6.07, 6.45) is 1.28. The molecule has 0 amide bonds. The Morgan fingerprint density at radius 3 is 2.65 bits per heavy atom. The monoisotopic (exact) mass is 469 g/mol. The summed E-state index contributed by atoms with van der Waals surface area (Å²) in [6.45, 7) is 4.30. The van der Waals surface area contributed by atoms with Crippen molar-refractivity contribution in [2.45, 2.75) is 39.5 Å². The van der Waals surface area contributed by atoms with E-state index in [0.717, 1.165) is 21.5 Å².